The van der Waals surface area contributed by atoms with E-state index >= 15 is 0 Å². The molecular weight excluding hydrogens is 301 g/mol. The fourth-order valence-corrected chi connectivity index (χ4v) is 2.73. The van der Waals surface area contributed by atoms with Gasteiger partial charge in [0.1, 0.15) is 5.82 Å². The number of halogens is 1. The molecule has 1 unspecified atom stereocenters. The maximum atomic E-state index is 13.2. The van der Waals surface area contributed by atoms with Crippen LogP contribution in [0.2, 0.25) is 0 Å². The van der Waals surface area contributed by atoms with Crippen molar-refractivity contribution in [3.8, 4) is 0 Å². The maximum absolute atomic E-state index is 13.2. The summed E-state index contributed by atoms with van der Waals surface area (Å²) in [5.74, 6) is -1.78. The normalized spacial score (nSPS) is 18.0. The smallest absolute Gasteiger partial charge is 0.290 e. The number of methoxy groups -OCH3 is 1. The van der Waals surface area contributed by atoms with Crippen LogP contribution in [0.3, 0.4) is 0 Å². The minimum atomic E-state index is -0.688. The molecule has 0 fully saturated rings. The summed E-state index contributed by atoms with van der Waals surface area (Å²) in [6.07, 6.45) is 0.747. The minimum absolute atomic E-state index is 0.0847. The molecule has 1 amide bonds. The van der Waals surface area contributed by atoms with E-state index in [1.807, 2.05) is 0 Å². The predicted octanol–water partition coefficient (Wildman–Crippen LogP) is 2.54. The van der Waals surface area contributed by atoms with Gasteiger partial charge in [-0.05, 0) is 24.1 Å². The molecule has 1 aliphatic heterocycles. The first-order valence-electron chi connectivity index (χ1n) is 7.53. The largest absolute Gasteiger partial charge is 0.503 e. The average Bonchev–Trinajstić information content (AvgIpc) is 2.80. The lowest BCUT2D eigenvalue weighted by molar-refractivity contribution is -0.129. The summed E-state index contributed by atoms with van der Waals surface area (Å²) < 4.78 is 18.2. The van der Waals surface area contributed by atoms with Gasteiger partial charge in [-0.3, -0.25) is 9.59 Å². The van der Waals surface area contributed by atoms with Gasteiger partial charge >= 0.3 is 0 Å². The van der Waals surface area contributed by atoms with Gasteiger partial charge < -0.3 is 14.7 Å². The number of nitrogens with zero attached hydrogens (tertiary/aromatic N) is 1. The Morgan fingerprint density at radius 2 is 2.00 bits per heavy atom. The van der Waals surface area contributed by atoms with E-state index in [0.29, 0.717) is 25.1 Å². The highest BCUT2D eigenvalue weighted by Gasteiger charge is 2.42. The van der Waals surface area contributed by atoms with E-state index in [4.69, 9.17) is 4.74 Å². The Kier molecular flexibility index (Phi) is 5.50. The van der Waals surface area contributed by atoms with E-state index in [1.165, 1.54) is 29.2 Å². The standard InChI is InChI=1S/C17H20FNO4/c1-3-13(20)14-15(11-5-7-12(18)8-6-11)19(9-4-10-23-2)17(22)16(14)21/h5-8,15,21H,3-4,9-10H2,1-2H3. The SMILES string of the molecule is CCC(=O)C1=C(O)C(=O)N(CCCOC)C1c1ccc(F)cc1. The monoisotopic (exact) mass is 321 g/mol. The number of Topliss-reactive ketones (excluding diaryl/α,β-unsaturated/α-hetero) is 1. The molecule has 0 saturated carbocycles. The Morgan fingerprint density at radius 3 is 2.57 bits per heavy atom. The van der Waals surface area contributed by atoms with Crippen molar-refractivity contribution >= 4 is 11.7 Å². The number of benzene rings is 1. The van der Waals surface area contributed by atoms with Crippen molar-refractivity contribution < 1.29 is 23.8 Å². The molecule has 23 heavy (non-hydrogen) atoms. The molecule has 124 valence electrons. The third kappa shape index (κ3) is 3.42. The Bertz CT molecular complexity index is 624. The number of hydrogen-bond donors (Lipinski definition) is 1. The van der Waals surface area contributed by atoms with Gasteiger partial charge in [-0.2, -0.15) is 0 Å². The minimum Gasteiger partial charge on any atom is -0.503 e. The summed E-state index contributed by atoms with van der Waals surface area (Å²) in [6.45, 7) is 2.46. The molecule has 1 aromatic carbocycles. The van der Waals surface area contributed by atoms with Crippen molar-refractivity contribution in [2.24, 2.45) is 0 Å². The topological polar surface area (TPSA) is 66.8 Å². The first-order valence-corrected chi connectivity index (χ1v) is 7.53. The molecule has 0 saturated heterocycles. The van der Waals surface area contributed by atoms with Crippen LogP contribution in [0, 0.1) is 5.82 Å². The van der Waals surface area contributed by atoms with Crippen LogP contribution >= 0.6 is 0 Å². The van der Waals surface area contributed by atoms with Crippen molar-refractivity contribution in [3.05, 3.63) is 47.0 Å². The van der Waals surface area contributed by atoms with Crippen LogP contribution in [0.5, 0.6) is 0 Å². The number of carbonyl (C=O) groups excluding carboxylic acids is 2. The quantitative estimate of drug-likeness (QED) is 0.784. The molecule has 0 aliphatic carbocycles. The van der Waals surface area contributed by atoms with Crippen molar-refractivity contribution in [2.45, 2.75) is 25.8 Å². The predicted molar refractivity (Wildman–Crippen MR) is 82.3 cm³/mol. The highest BCUT2D eigenvalue weighted by molar-refractivity contribution is 6.08. The molecule has 0 radical (unpaired) electrons. The van der Waals surface area contributed by atoms with Gasteiger partial charge in [0, 0.05) is 26.7 Å². The molecule has 0 bridgehead atoms. The van der Waals surface area contributed by atoms with Gasteiger partial charge in [0.05, 0.1) is 11.6 Å². The van der Waals surface area contributed by atoms with Gasteiger partial charge in [-0.15, -0.1) is 0 Å². The number of ketones is 1. The average molecular weight is 321 g/mol. The third-order valence-electron chi connectivity index (χ3n) is 3.86. The first kappa shape index (κ1) is 17.1. The summed E-state index contributed by atoms with van der Waals surface area (Å²) in [7, 11) is 1.56. The van der Waals surface area contributed by atoms with Gasteiger partial charge in [-0.25, -0.2) is 4.39 Å². The van der Waals surface area contributed by atoms with E-state index in [1.54, 1.807) is 14.0 Å². The van der Waals surface area contributed by atoms with Crippen molar-refractivity contribution in [1.82, 2.24) is 4.90 Å². The Hall–Kier alpha value is -2.21. The summed E-state index contributed by atoms with van der Waals surface area (Å²) in [4.78, 5) is 26.0. The fraction of sp³-hybridized carbons (Fsp3) is 0.412. The van der Waals surface area contributed by atoms with Crippen LogP contribution in [0.25, 0.3) is 0 Å². The molecule has 2 rings (SSSR count). The number of hydrogen-bond acceptors (Lipinski definition) is 4. The second-order valence-electron chi connectivity index (χ2n) is 5.34. The maximum Gasteiger partial charge on any atom is 0.290 e. The fourth-order valence-electron chi connectivity index (χ4n) is 2.73. The second-order valence-corrected chi connectivity index (χ2v) is 5.34. The van der Waals surface area contributed by atoms with Crippen LogP contribution in [0.15, 0.2) is 35.6 Å². The Labute approximate surface area is 134 Å². The van der Waals surface area contributed by atoms with Crippen molar-refractivity contribution in [1.29, 1.82) is 0 Å². The van der Waals surface area contributed by atoms with E-state index < -0.39 is 23.5 Å². The molecule has 1 aromatic rings. The van der Waals surface area contributed by atoms with Crippen molar-refractivity contribution in [2.75, 3.05) is 20.3 Å². The van der Waals surface area contributed by atoms with Gasteiger partial charge in [0.25, 0.3) is 5.91 Å². The Balaban J connectivity index is 2.41. The lowest BCUT2D eigenvalue weighted by Crippen LogP contribution is -2.32. The molecule has 1 heterocycles. The zero-order chi connectivity index (χ0) is 17.0. The zero-order valence-corrected chi connectivity index (χ0v) is 13.2. The van der Waals surface area contributed by atoms with Crippen LogP contribution in [-0.4, -0.2) is 42.0 Å². The summed E-state index contributed by atoms with van der Waals surface area (Å²) in [6, 6.07) is 4.91. The number of aliphatic hydroxyl groups is 1. The lowest BCUT2D eigenvalue weighted by Gasteiger charge is -2.26. The highest BCUT2D eigenvalue weighted by atomic mass is 19.1. The van der Waals surface area contributed by atoms with E-state index in [9.17, 15) is 19.1 Å². The van der Waals surface area contributed by atoms with Gasteiger partial charge in [-0.1, -0.05) is 19.1 Å². The lowest BCUT2D eigenvalue weighted by atomic mass is 9.95. The van der Waals surface area contributed by atoms with Gasteiger partial charge in [0.2, 0.25) is 0 Å². The molecular formula is C17H20FNO4. The van der Waals surface area contributed by atoms with E-state index in [2.05, 4.69) is 0 Å². The molecule has 1 N–H and O–H groups in total. The van der Waals surface area contributed by atoms with Crippen LogP contribution in [0.4, 0.5) is 4.39 Å². The molecule has 0 aromatic heterocycles. The second kappa shape index (κ2) is 7.37. The van der Waals surface area contributed by atoms with Crippen LogP contribution < -0.4 is 0 Å². The number of amides is 1. The van der Waals surface area contributed by atoms with Crippen LogP contribution in [-0.2, 0) is 14.3 Å². The van der Waals surface area contributed by atoms with E-state index in [0.717, 1.165) is 0 Å². The molecule has 5 nitrogen and oxygen atoms in total. The van der Waals surface area contributed by atoms with Crippen molar-refractivity contribution in [3.63, 3.8) is 0 Å². The Morgan fingerprint density at radius 1 is 1.35 bits per heavy atom. The number of ether oxygens (including phenoxy) is 1. The summed E-state index contributed by atoms with van der Waals surface area (Å²) in [5.41, 5.74) is 0.680. The number of carbonyl (C=O) groups is 2. The van der Waals surface area contributed by atoms with Crippen LogP contribution in [0.1, 0.15) is 31.4 Å². The molecule has 1 atom stereocenters. The highest BCUT2D eigenvalue weighted by Crippen LogP contribution is 2.38. The summed E-state index contributed by atoms with van der Waals surface area (Å²) in [5, 5.41) is 10.1. The third-order valence-corrected chi connectivity index (χ3v) is 3.86. The first-order chi connectivity index (χ1) is 11.0. The molecule has 6 heteroatoms. The summed E-state index contributed by atoms with van der Waals surface area (Å²) >= 11 is 0. The van der Waals surface area contributed by atoms with E-state index in [-0.39, 0.29) is 17.8 Å². The zero-order valence-electron chi connectivity index (χ0n) is 13.2. The number of rotatable bonds is 7. The number of aliphatic hydroxyl groups excluding tert-OH is 1. The molecule has 1 aliphatic rings. The van der Waals surface area contributed by atoms with Gasteiger partial charge in [0.15, 0.2) is 11.5 Å². The molecule has 0 spiro atoms.